The van der Waals surface area contributed by atoms with Gasteiger partial charge in [-0.25, -0.2) is 0 Å². The first-order valence-electron chi connectivity index (χ1n) is 5.33. The maximum Gasteiger partial charge on any atom is 0.307 e. The largest absolute Gasteiger partial charge is 0.481 e. The zero-order valence-electron chi connectivity index (χ0n) is 9.59. The molecule has 1 aliphatic heterocycles. The summed E-state index contributed by atoms with van der Waals surface area (Å²) in [7, 11) is -1.98. The molecule has 0 radical (unpaired) electrons. The Labute approximate surface area is 96.0 Å². The van der Waals surface area contributed by atoms with Crippen LogP contribution < -0.4 is 0 Å². The van der Waals surface area contributed by atoms with Crippen molar-refractivity contribution in [1.82, 2.24) is 8.61 Å². The number of rotatable bonds is 4. The summed E-state index contributed by atoms with van der Waals surface area (Å²) in [6.07, 6.45) is 1.16. The number of carboxylic acid groups (broad SMARTS) is 1. The topological polar surface area (TPSA) is 77.9 Å². The van der Waals surface area contributed by atoms with Crippen molar-refractivity contribution in [3.8, 4) is 0 Å². The van der Waals surface area contributed by atoms with Crippen LogP contribution in [-0.4, -0.2) is 54.8 Å². The van der Waals surface area contributed by atoms with Gasteiger partial charge in [0.25, 0.3) is 10.2 Å². The molecular formula is C9H18N2O4S. The van der Waals surface area contributed by atoms with E-state index in [2.05, 4.69) is 0 Å². The molecule has 1 N–H and O–H groups in total. The molecule has 1 unspecified atom stereocenters. The number of piperidine rings is 1. The molecule has 1 aliphatic rings. The first-order valence-corrected chi connectivity index (χ1v) is 6.73. The zero-order valence-corrected chi connectivity index (χ0v) is 10.4. The van der Waals surface area contributed by atoms with Crippen LogP contribution in [0.2, 0.25) is 0 Å². The van der Waals surface area contributed by atoms with Gasteiger partial charge in [-0.3, -0.25) is 4.79 Å². The second kappa shape index (κ2) is 5.11. The summed E-state index contributed by atoms with van der Waals surface area (Å²) in [5.41, 5.74) is 0. The molecule has 1 rings (SSSR count). The smallest absolute Gasteiger partial charge is 0.307 e. The van der Waals surface area contributed by atoms with Crippen LogP contribution in [-0.2, 0) is 15.0 Å². The lowest BCUT2D eigenvalue weighted by Crippen LogP contribution is -2.47. The van der Waals surface area contributed by atoms with Gasteiger partial charge in [0, 0.05) is 26.7 Å². The van der Waals surface area contributed by atoms with E-state index in [0.29, 0.717) is 25.9 Å². The Morgan fingerprint density at radius 2 is 2.19 bits per heavy atom. The molecule has 0 spiro atoms. The van der Waals surface area contributed by atoms with Crippen LogP contribution in [0.1, 0.15) is 19.8 Å². The van der Waals surface area contributed by atoms with Gasteiger partial charge < -0.3 is 5.11 Å². The molecule has 16 heavy (non-hydrogen) atoms. The molecule has 6 nitrogen and oxygen atoms in total. The highest BCUT2D eigenvalue weighted by Gasteiger charge is 2.33. The van der Waals surface area contributed by atoms with E-state index in [-0.39, 0.29) is 6.54 Å². The predicted octanol–water partition coefficient (Wildman–Crippen LogP) is -0.0205. The van der Waals surface area contributed by atoms with Crippen LogP contribution in [0.4, 0.5) is 0 Å². The number of carboxylic acids is 1. The van der Waals surface area contributed by atoms with Gasteiger partial charge in [0.15, 0.2) is 0 Å². The minimum atomic E-state index is -3.48. The van der Waals surface area contributed by atoms with E-state index in [1.165, 1.54) is 15.7 Å². The summed E-state index contributed by atoms with van der Waals surface area (Å²) in [5, 5.41) is 8.88. The van der Waals surface area contributed by atoms with Crippen molar-refractivity contribution in [1.29, 1.82) is 0 Å². The van der Waals surface area contributed by atoms with E-state index in [9.17, 15) is 13.2 Å². The second-order valence-corrected chi connectivity index (χ2v) is 5.99. The van der Waals surface area contributed by atoms with Gasteiger partial charge in [-0.15, -0.1) is 0 Å². The third kappa shape index (κ3) is 2.72. The van der Waals surface area contributed by atoms with Gasteiger partial charge in [-0.05, 0) is 12.8 Å². The fourth-order valence-corrected chi connectivity index (χ4v) is 3.16. The Bertz CT molecular complexity index is 355. The number of aliphatic carboxylic acids is 1. The molecule has 0 saturated carbocycles. The molecular weight excluding hydrogens is 232 g/mol. The van der Waals surface area contributed by atoms with Crippen molar-refractivity contribution in [2.75, 3.05) is 26.7 Å². The van der Waals surface area contributed by atoms with Crippen molar-refractivity contribution in [3.05, 3.63) is 0 Å². The highest BCUT2D eigenvalue weighted by molar-refractivity contribution is 7.86. The first-order chi connectivity index (χ1) is 7.39. The number of nitrogens with zero attached hydrogens (tertiary/aromatic N) is 2. The molecule has 1 atom stereocenters. The summed E-state index contributed by atoms with van der Waals surface area (Å²) in [5.74, 6) is -1.49. The second-order valence-electron chi connectivity index (χ2n) is 3.96. The normalized spacial score (nSPS) is 23.6. The average Bonchev–Trinajstić information content (AvgIpc) is 2.28. The summed E-state index contributed by atoms with van der Waals surface area (Å²) >= 11 is 0. The number of hydrogen-bond donors (Lipinski definition) is 1. The van der Waals surface area contributed by atoms with E-state index < -0.39 is 22.1 Å². The first kappa shape index (κ1) is 13.4. The van der Waals surface area contributed by atoms with Gasteiger partial charge >= 0.3 is 5.97 Å². The van der Waals surface area contributed by atoms with Crippen molar-refractivity contribution >= 4 is 16.2 Å². The van der Waals surface area contributed by atoms with Gasteiger partial charge in [0.1, 0.15) is 0 Å². The molecule has 1 heterocycles. The summed E-state index contributed by atoms with van der Waals surface area (Å²) in [6.45, 7) is 2.63. The Balaban J connectivity index is 2.77. The Morgan fingerprint density at radius 3 is 2.69 bits per heavy atom. The van der Waals surface area contributed by atoms with Crippen LogP contribution in [0.25, 0.3) is 0 Å². The Kier molecular flexibility index (Phi) is 4.28. The maximum atomic E-state index is 11.9. The minimum absolute atomic E-state index is 0.0853. The molecule has 1 fully saturated rings. The summed E-state index contributed by atoms with van der Waals surface area (Å²) in [6, 6.07) is 0. The third-order valence-electron chi connectivity index (χ3n) is 2.90. The quantitative estimate of drug-likeness (QED) is 0.760. The molecule has 7 heteroatoms. The lowest BCUT2D eigenvalue weighted by Gasteiger charge is -2.32. The van der Waals surface area contributed by atoms with Crippen LogP contribution in [0.3, 0.4) is 0 Å². The molecule has 0 aromatic carbocycles. The van der Waals surface area contributed by atoms with E-state index in [1.54, 1.807) is 6.92 Å². The molecule has 0 aliphatic carbocycles. The van der Waals surface area contributed by atoms with Gasteiger partial charge in [-0.2, -0.15) is 17.0 Å². The van der Waals surface area contributed by atoms with Gasteiger partial charge in [-0.1, -0.05) is 6.92 Å². The standard InChI is InChI=1S/C9H18N2O4S/c1-3-10(2)16(14,15)11-6-4-5-8(7-11)9(12)13/h8H,3-7H2,1-2H3,(H,12,13). The molecule has 0 aromatic heterocycles. The summed E-state index contributed by atoms with van der Waals surface area (Å²) < 4.78 is 26.4. The van der Waals surface area contributed by atoms with E-state index in [0.717, 1.165) is 0 Å². The predicted molar refractivity (Wildman–Crippen MR) is 59.2 cm³/mol. The number of hydrogen-bond acceptors (Lipinski definition) is 3. The van der Waals surface area contributed by atoms with Crippen molar-refractivity contribution in [2.45, 2.75) is 19.8 Å². The highest BCUT2D eigenvalue weighted by atomic mass is 32.2. The van der Waals surface area contributed by atoms with E-state index in [1.807, 2.05) is 0 Å². The van der Waals surface area contributed by atoms with Gasteiger partial charge in [0.05, 0.1) is 5.92 Å². The lowest BCUT2D eigenvalue weighted by molar-refractivity contribution is -0.142. The van der Waals surface area contributed by atoms with Crippen molar-refractivity contribution in [2.24, 2.45) is 5.92 Å². The molecule has 1 saturated heterocycles. The van der Waals surface area contributed by atoms with Crippen LogP contribution >= 0.6 is 0 Å². The average molecular weight is 250 g/mol. The molecule has 0 bridgehead atoms. The third-order valence-corrected chi connectivity index (χ3v) is 4.93. The minimum Gasteiger partial charge on any atom is -0.481 e. The van der Waals surface area contributed by atoms with Crippen molar-refractivity contribution < 1.29 is 18.3 Å². The monoisotopic (exact) mass is 250 g/mol. The molecule has 0 aromatic rings. The van der Waals surface area contributed by atoms with E-state index >= 15 is 0 Å². The van der Waals surface area contributed by atoms with E-state index in [4.69, 9.17) is 5.11 Å². The van der Waals surface area contributed by atoms with Gasteiger partial charge in [0.2, 0.25) is 0 Å². The molecule has 94 valence electrons. The zero-order chi connectivity index (χ0) is 12.3. The molecule has 0 amide bonds. The maximum absolute atomic E-state index is 11.9. The fourth-order valence-electron chi connectivity index (χ4n) is 1.71. The van der Waals surface area contributed by atoms with Crippen molar-refractivity contribution in [3.63, 3.8) is 0 Å². The Hall–Kier alpha value is -0.660. The summed E-state index contributed by atoms with van der Waals surface area (Å²) in [4.78, 5) is 10.8. The SMILES string of the molecule is CCN(C)S(=O)(=O)N1CCCC(C(=O)O)C1. The highest BCUT2D eigenvalue weighted by Crippen LogP contribution is 2.20. The fraction of sp³-hybridized carbons (Fsp3) is 0.889. The van der Waals surface area contributed by atoms with Crippen LogP contribution in [0.15, 0.2) is 0 Å². The van der Waals surface area contributed by atoms with Crippen LogP contribution in [0.5, 0.6) is 0 Å². The number of carbonyl (C=O) groups is 1. The van der Waals surface area contributed by atoms with Crippen LogP contribution in [0, 0.1) is 5.92 Å². The lowest BCUT2D eigenvalue weighted by atomic mass is 10.0. The Morgan fingerprint density at radius 1 is 1.56 bits per heavy atom.